The van der Waals surface area contributed by atoms with Crippen molar-refractivity contribution in [3.63, 3.8) is 0 Å². The first kappa shape index (κ1) is 25.0. The third-order valence-corrected chi connectivity index (χ3v) is 5.78. The number of carbonyl (C=O) groups is 1. The molecule has 5 unspecified atom stereocenters. The Labute approximate surface area is 205 Å². The second-order valence-corrected chi connectivity index (χ2v) is 8.27. The summed E-state index contributed by atoms with van der Waals surface area (Å²) in [6.07, 6.45) is -4.73. The molecule has 1 saturated heterocycles. The molecule has 1 heterocycles. The molecule has 35 heavy (non-hydrogen) atoms. The first-order valence-corrected chi connectivity index (χ1v) is 11.5. The van der Waals surface area contributed by atoms with Gasteiger partial charge in [-0.3, -0.25) is 0 Å². The van der Waals surface area contributed by atoms with E-state index >= 15 is 0 Å². The van der Waals surface area contributed by atoms with Crippen molar-refractivity contribution in [1.29, 1.82) is 0 Å². The Morgan fingerprint density at radius 1 is 0.829 bits per heavy atom. The molecular weight excluding hydrogens is 448 g/mol. The summed E-state index contributed by atoms with van der Waals surface area (Å²) in [5.74, 6) is -0.566. The lowest BCUT2D eigenvalue weighted by Crippen LogP contribution is -2.61. The summed E-state index contributed by atoms with van der Waals surface area (Å²) >= 11 is 0. The van der Waals surface area contributed by atoms with E-state index in [1.807, 2.05) is 66.7 Å². The van der Waals surface area contributed by atoms with Gasteiger partial charge in [-0.25, -0.2) is 4.79 Å². The molecule has 7 heteroatoms. The van der Waals surface area contributed by atoms with Crippen LogP contribution >= 0.6 is 0 Å². The average Bonchev–Trinajstić information content (AvgIpc) is 2.91. The van der Waals surface area contributed by atoms with Crippen molar-refractivity contribution in [3.8, 4) is 0 Å². The van der Waals surface area contributed by atoms with Gasteiger partial charge in [0.25, 0.3) is 0 Å². The molecular formula is C28H30O7. The fraction of sp³-hybridized carbons (Fsp3) is 0.321. The Hall–Kier alpha value is -3.07. The monoisotopic (exact) mass is 478 g/mol. The van der Waals surface area contributed by atoms with Crippen molar-refractivity contribution >= 4 is 5.97 Å². The highest BCUT2D eigenvalue weighted by Gasteiger charge is 2.48. The van der Waals surface area contributed by atoms with Crippen LogP contribution < -0.4 is 0 Å². The molecule has 1 fully saturated rings. The topological polar surface area (TPSA) is 83.5 Å². The maximum absolute atomic E-state index is 12.9. The van der Waals surface area contributed by atoms with Crippen molar-refractivity contribution in [3.05, 3.63) is 108 Å². The van der Waals surface area contributed by atoms with Crippen molar-refractivity contribution in [2.75, 3.05) is 13.7 Å². The lowest BCUT2D eigenvalue weighted by atomic mass is 9.98. The number of esters is 1. The fourth-order valence-corrected chi connectivity index (χ4v) is 3.96. The summed E-state index contributed by atoms with van der Waals surface area (Å²) in [6, 6.07) is 28.0. The van der Waals surface area contributed by atoms with Gasteiger partial charge in [-0.05, 0) is 23.3 Å². The Balaban J connectivity index is 1.53. The normalized spacial score (nSPS) is 24.1. The number of aliphatic hydroxyl groups excluding tert-OH is 1. The van der Waals surface area contributed by atoms with Crippen LogP contribution in [0.4, 0.5) is 0 Å². The van der Waals surface area contributed by atoms with Gasteiger partial charge >= 0.3 is 5.97 Å². The Bertz CT molecular complexity index is 1030. The summed E-state index contributed by atoms with van der Waals surface area (Å²) in [4.78, 5) is 12.9. The molecule has 0 radical (unpaired) electrons. The van der Waals surface area contributed by atoms with Crippen LogP contribution in [-0.4, -0.2) is 55.5 Å². The molecule has 3 aromatic rings. The van der Waals surface area contributed by atoms with Crippen LogP contribution in [-0.2, 0) is 36.9 Å². The van der Waals surface area contributed by atoms with Crippen LogP contribution in [0.15, 0.2) is 91.0 Å². The summed E-state index contributed by atoms with van der Waals surface area (Å²) in [5.41, 5.74) is 2.33. The Morgan fingerprint density at radius 3 is 2.00 bits per heavy atom. The Morgan fingerprint density at radius 2 is 1.40 bits per heavy atom. The van der Waals surface area contributed by atoms with Gasteiger partial charge in [0, 0.05) is 7.11 Å². The third-order valence-electron chi connectivity index (χ3n) is 5.78. The Kier molecular flexibility index (Phi) is 9.00. The zero-order valence-electron chi connectivity index (χ0n) is 19.6. The highest BCUT2D eigenvalue weighted by atomic mass is 16.7. The minimum absolute atomic E-state index is 0.153. The van der Waals surface area contributed by atoms with Crippen molar-refractivity contribution in [1.82, 2.24) is 0 Å². The number of rotatable bonds is 10. The van der Waals surface area contributed by atoms with Crippen LogP contribution in [0.5, 0.6) is 0 Å². The predicted molar refractivity (Wildman–Crippen MR) is 128 cm³/mol. The van der Waals surface area contributed by atoms with E-state index in [2.05, 4.69) is 0 Å². The van der Waals surface area contributed by atoms with E-state index in [4.69, 9.17) is 23.7 Å². The van der Waals surface area contributed by atoms with Gasteiger partial charge in [-0.2, -0.15) is 0 Å². The van der Waals surface area contributed by atoms with E-state index in [1.165, 1.54) is 7.11 Å². The fourth-order valence-electron chi connectivity index (χ4n) is 3.96. The lowest BCUT2D eigenvalue weighted by molar-refractivity contribution is -0.304. The smallest absolute Gasteiger partial charge is 0.338 e. The van der Waals surface area contributed by atoms with Gasteiger partial charge < -0.3 is 28.8 Å². The molecule has 0 bridgehead atoms. The predicted octanol–water partition coefficient (Wildman–Crippen LogP) is 3.75. The number of methoxy groups -OCH3 is 1. The summed E-state index contributed by atoms with van der Waals surface area (Å²) < 4.78 is 29.3. The second kappa shape index (κ2) is 12.6. The highest BCUT2D eigenvalue weighted by Crippen LogP contribution is 2.28. The summed E-state index contributed by atoms with van der Waals surface area (Å²) in [5, 5.41) is 11.0. The molecule has 0 spiro atoms. The zero-order chi connectivity index (χ0) is 24.5. The second-order valence-electron chi connectivity index (χ2n) is 8.27. The molecule has 7 nitrogen and oxygen atoms in total. The summed E-state index contributed by atoms with van der Waals surface area (Å²) in [6.45, 7) is 0.773. The quantitative estimate of drug-likeness (QED) is 0.445. The zero-order valence-corrected chi connectivity index (χ0v) is 19.6. The van der Waals surface area contributed by atoms with Gasteiger partial charge in [0.05, 0.1) is 25.4 Å². The maximum Gasteiger partial charge on any atom is 0.338 e. The van der Waals surface area contributed by atoms with Crippen LogP contribution in [0, 0.1) is 0 Å². The van der Waals surface area contributed by atoms with E-state index in [0.717, 1.165) is 11.1 Å². The van der Waals surface area contributed by atoms with E-state index < -0.39 is 36.7 Å². The number of hydrogen-bond donors (Lipinski definition) is 1. The number of carbonyl (C=O) groups excluding carboxylic acids is 1. The highest BCUT2D eigenvalue weighted by molar-refractivity contribution is 5.89. The standard InChI is InChI=1S/C28H30O7/c1-31-28-24(29)26(35-27(30)22-15-9-4-10-16-22)25(33-18-21-13-7-3-8-14-21)23(34-28)19-32-17-20-11-5-2-6-12-20/h2-16,23-26,28-29H,17-19H2,1H3. The van der Waals surface area contributed by atoms with Crippen molar-refractivity contribution in [2.45, 2.75) is 43.9 Å². The molecule has 0 amide bonds. The van der Waals surface area contributed by atoms with Crippen LogP contribution in [0.2, 0.25) is 0 Å². The van der Waals surface area contributed by atoms with Gasteiger partial charge in [0.2, 0.25) is 0 Å². The van der Waals surface area contributed by atoms with Crippen molar-refractivity contribution in [2.24, 2.45) is 0 Å². The van der Waals surface area contributed by atoms with Crippen molar-refractivity contribution < 1.29 is 33.6 Å². The molecule has 0 saturated carbocycles. The summed E-state index contributed by atoms with van der Waals surface area (Å²) in [7, 11) is 1.43. The lowest BCUT2D eigenvalue weighted by Gasteiger charge is -2.43. The molecule has 4 rings (SSSR count). The van der Waals surface area contributed by atoms with E-state index in [1.54, 1.807) is 24.3 Å². The minimum Gasteiger partial charge on any atom is -0.453 e. The van der Waals surface area contributed by atoms with E-state index in [9.17, 15) is 9.90 Å². The van der Waals surface area contributed by atoms with E-state index in [-0.39, 0.29) is 13.2 Å². The number of benzene rings is 3. The SMILES string of the molecule is COC1OC(COCc2ccccc2)C(OCc2ccccc2)C(OC(=O)c2ccccc2)C1O. The third kappa shape index (κ3) is 6.75. The molecule has 1 aliphatic rings. The molecule has 1 N–H and O–H groups in total. The first-order chi connectivity index (χ1) is 17.2. The molecule has 1 aliphatic heterocycles. The number of ether oxygens (including phenoxy) is 5. The van der Waals surface area contributed by atoms with Crippen LogP contribution in [0.1, 0.15) is 21.5 Å². The van der Waals surface area contributed by atoms with Gasteiger partial charge in [-0.15, -0.1) is 0 Å². The molecule has 0 aromatic heterocycles. The minimum atomic E-state index is -1.25. The van der Waals surface area contributed by atoms with Crippen LogP contribution in [0.3, 0.4) is 0 Å². The molecule has 3 aromatic carbocycles. The van der Waals surface area contributed by atoms with Gasteiger partial charge in [-0.1, -0.05) is 78.9 Å². The van der Waals surface area contributed by atoms with Gasteiger partial charge in [0.1, 0.15) is 18.3 Å². The number of hydrogen-bond acceptors (Lipinski definition) is 7. The van der Waals surface area contributed by atoms with Gasteiger partial charge in [0.15, 0.2) is 12.4 Å². The number of aliphatic hydroxyl groups is 1. The molecule has 5 atom stereocenters. The first-order valence-electron chi connectivity index (χ1n) is 11.5. The average molecular weight is 479 g/mol. The van der Waals surface area contributed by atoms with Crippen LogP contribution in [0.25, 0.3) is 0 Å². The van der Waals surface area contributed by atoms with E-state index in [0.29, 0.717) is 12.2 Å². The maximum atomic E-state index is 12.9. The largest absolute Gasteiger partial charge is 0.453 e. The molecule has 0 aliphatic carbocycles. The molecule has 184 valence electrons.